The maximum Gasteiger partial charge on any atom is 0.321 e. The number of unbranched alkanes of at least 4 members (excludes halogenated alkanes) is 1. The summed E-state index contributed by atoms with van der Waals surface area (Å²) in [6.07, 6.45) is 3.70. The minimum Gasteiger partial charge on any atom is -0.494 e. The Morgan fingerprint density at radius 1 is 1.18 bits per heavy atom. The largest absolute Gasteiger partial charge is 0.494 e. The van der Waals surface area contributed by atoms with E-state index in [0.29, 0.717) is 38.3 Å². The summed E-state index contributed by atoms with van der Waals surface area (Å²) in [5, 5.41) is 11.8. The summed E-state index contributed by atoms with van der Waals surface area (Å²) in [4.78, 5) is 20.7. The van der Waals surface area contributed by atoms with E-state index in [9.17, 15) is 4.79 Å². The van der Waals surface area contributed by atoms with E-state index in [2.05, 4.69) is 28.2 Å². The molecule has 0 atom stereocenters. The van der Waals surface area contributed by atoms with Crippen LogP contribution in [0.15, 0.2) is 42.6 Å². The predicted octanol–water partition coefficient (Wildman–Crippen LogP) is 3.49. The zero-order chi connectivity index (χ0) is 19.8. The normalized spacial score (nSPS) is 13.7. The van der Waals surface area contributed by atoms with Crippen LogP contribution >= 0.6 is 0 Å². The second kappa shape index (κ2) is 9.60. The number of piperazine rings is 1. The summed E-state index contributed by atoms with van der Waals surface area (Å²) in [5.41, 5.74) is 1.30. The van der Waals surface area contributed by atoms with E-state index < -0.39 is 0 Å². The van der Waals surface area contributed by atoms with Crippen LogP contribution in [0, 0.1) is 11.3 Å². The number of hydrogen-bond donors (Lipinski definition) is 1. The number of nitrogens with zero attached hydrogens (tertiary/aromatic N) is 4. The van der Waals surface area contributed by atoms with Gasteiger partial charge in [-0.15, -0.1) is 0 Å². The van der Waals surface area contributed by atoms with Gasteiger partial charge in [0, 0.05) is 38.1 Å². The van der Waals surface area contributed by atoms with Gasteiger partial charge in [-0.2, -0.15) is 5.26 Å². The number of benzene rings is 1. The van der Waals surface area contributed by atoms with Gasteiger partial charge in [0.15, 0.2) is 0 Å². The van der Waals surface area contributed by atoms with E-state index in [1.54, 1.807) is 17.2 Å². The van der Waals surface area contributed by atoms with Gasteiger partial charge in [-0.3, -0.25) is 0 Å². The maximum atomic E-state index is 12.5. The number of urea groups is 1. The molecule has 1 fully saturated rings. The van der Waals surface area contributed by atoms with Gasteiger partial charge in [0.05, 0.1) is 12.2 Å². The van der Waals surface area contributed by atoms with Crippen LogP contribution in [0.4, 0.5) is 16.3 Å². The van der Waals surface area contributed by atoms with E-state index in [0.717, 1.165) is 30.1 Å². The van der Waals surface area contributed by atoms with Crippen molar-refractivity contribution in [3.05, 3.63) is 48.2 Å². The SMILES string of the molecule is CCCCOc1ccc(NC(=O)N2CCN(c3ccc(C#N)cn3)CC2)cc1. The molecule has 1 aliphatic heterocycles. The van der Waals surface area contributed by atoms with Gasteiger partial charge < -0.3 is 19.9 Å². The molecule has 2 amide bonds. The Morgan fingerprint density at radius 2 is 1.93 bits per heavy atom. The Balaban J connectivity index is 1.47. The lowest BCUT2D eigenvalue weighted by Gasteiger charge is -2.35. The van der Waals surface area contributed by atoms with Crippen LogP contribution in [0.2, 0.25) is 0 Å². The lowest BCUT2D eigenvalue weighted by atomic mass is 10.2. The number of nitriles is 1. The second-order valence-corrected chi connectivity index (χ2v) is 6.65. The van der Waals surface area contributed by atoms with Gasteiger partial charge in [0.25, 0.3) is 0 Å². The van der Waals surface area contributed by atoms with Gasteiger partial charge in [-0.05, 0) is 42.8 Å². The molecule has 0 unspecified atom stereocenters. The van der Waals surface area contributed by atoms with Gasteiger partial charge in [-0.1, -0.05) is 13.3 Å². The average Bonchev–Trinajstić information content (AvgIpc) is 2.75. The number of amides is 2. The molecule has 0 aliphatic carbocycles. The van der Waals surface area contributed by atoms with E-state index in [1.165, 1.54) is 0 Å². The summed E-state index contributed by atoms with van der Waals surface area (Å²) >= 11 is 0. The van der Waals surface area contributed by atoms with Crippen LogP contribution < -0.4 is 15.0 Å². The monoisotopic (exact) mass is 379 g/mol. The molecule has 146 valence electrons. The first-order valence-corrected chi connectivity index (χ1v) is 9.59. The first-order valence-electron chi connectivity index (χ1n) is 9.59. The fraction of sp³-hybridized carbons (Fsp3) is 0.381. The highest BCUT2D eigenvalue weighted by molar-refractivity contribution is 5.89. The molecule has 0 spiro atoms. The Morgan fingerprint density at radius 3 is 2.54 bits per heavy atom. The van der Waals surface area contributed by atoms with E-state index in [4.69, 9.17) is 10.00 Å². The molecule has 2 heterocycles. The minimum atomic E-state index is -0.105. The average molecular weight is 379 g/mol. The number of pyridine rings is 1. The summed E-state index contributed by atoms with van der Waals surface area (Å²) in [5.74, 6) is 1.65. The number of nitrogens with one attached hydrogen (secondary N) is 1. The number of carbonyl (C=O) groups excluding carboxylic acids is 1. The Kier molecular flexibility index (Phi) is 6.68. The van der Waals surface area contributed by atoms with Crippen molar-refractivity contribution in [2.75, 3.05) is 43.0 Å². The third-order valence-electron chi connectivity index (χ3n) is 4.64. The molecule has 7 heteroatoms. The van der Waals surface area contributed by atoms with E-state index in [1.807, 2.05) is 30.3 Å². The number of carbonyl (C=O) groups is 1. The molecule has 2 aromatic rings. The lowest BCUT2D eigenvalue weighted by molar-refractivity contribution is 0.208. The Hall–Kier alpha value is -3.27. The number of anilines is 2. The zero-order valence-corrected chi connectivity index (χ0v) is 16.1. The van der Waals surface area contributed by atoms with E-state index in [-0.39, 0.29) is 6.03 Å². The number of ether oxygens (including phenoxy) is 1. The highest BCUT2D eigenvalue weighted by atomic mass is 16.5. The highest BCUT2D eigenvalue weighted by Gasteiger charge is 2.22. The quantitative estimate of drug-likeness (QED) is 0.777. The molecule has 7 nitrogen and oxygen atoms in total. The smallest absolute Gasteiger partial charge is 0.321 e. The van der Waals surface area contributed by atoms with Crippen LogP contribution in [-0.2, 0) is 0 Å². The summed E-state index contributed by atoms with van der Waals surface area (Å²) in [6, 6.07) is 13.0. The van der Waals surface area contributed by atoms with Crippen LogP contribution in [0.3, 0.4) is 0 Å². The number of aromatic nitrogens is 1. The molecule has 1 aliphatic rings. The number of rotatable bonds is 6. The zero-order valence-electron chi connectivity index (χ0n) is 16.1. The molecular formula is C21H25N5O2. The topological polar surface area (TPSA) is 81.5 Å². The van der Waals surface area contributed by atoms with Gasteiger partial charge in [0.2, 0.25) is 0 Å². The van der Waals surface area contributed by atoms with Crippen molar-refractivity contribution in [1.29, 1.82) is 5.26 Å². The second-order valence-electron chi connectivity index (χ2n) is 6.65. The van der Waals surface area contributed by atoms with Crippen LogP contribution in [-0.4, -0.2) is 48.7 Å². The molecular weight excluding hydrogens is 354 g/mol. The van der Waals surface area contributed by atoms with Crippen molar-refractivity contribution in [2.45, 2.75) is 19.8 Å². The van der Waals surface area contributed by atoms with Crippen molar-refractivity contribution in [3.63, 3.8) is 0 Å². The van der Waals surface area contributed by atoms with Gasteiger partial charge in [0.1, 0.15) is 17.6 Å². The minimum absolute atomic E-state index is 0.105. The molecule has 1 aromatic heterocycles. The Bertz CT molecular complexity index is 806. The summed E-state index contributed by atoms with van der Waals surface area (Å²) in [7, 11) is 0. The number of hydrogen-bond acceptors (Lipinski definition) is 5. The molecule has 0 radical (unpaired) electrons. The lowest BCUT2D eigenvalue weighted by Crippen LogP contribution is -2.50. The van der Waals surface area contributed by atoms with Crippen molar-refractivity contribution >= 4 is 17.5 Å². The first kappa shape index (κ1) is 19.5. The molecule has 1 saturated heterocycles. The maximum absolute atomic E-state index is 12.5. The van der Waals surface area contributed by atoms with Crippen LogP contribution in [0.5, 0.6) is 5.75 Å². The van der Waals surface area contributed by atoms with Crippen molar-refractivity contribution < 1.29 is 9.53 Å². The standard InChI is InChI=1S/C21H25N5O2/c1-2-3-14-28-19-7-5-18(6-8-19)24-21(27)26-12-10-25(11-13-26)20-9-4-17(15-22)16-23-20/h4-9,16H,2-3,10-14H2,1H3,(H,24,27). The van der Waals surface area contributed by atoms with Crippen molar-refractivity contribution in [3.8, 4) is 11.8 Å². The molecule has 3 rings (SSSR count). The first-order chi connectivity index (χ1) is 13.7. The highest BCUT2D eigenvalue weighted by Crippen LogP contribution is 2.18. The third-order valence-corrected chi connectivity index (χ3v) is 4.64. The summed E-state index contributed by atoms with van der Waals surface area (Å²) < 4.78 is 5.64. The molecule has 1 aromatic carbocycles. The van der Waals surface area contributed by atoms with Crippen molar-refractivity contribution in [2.24, 2.45) is 0 Å². The molecule has 28 heavy (non-hydrogen) atoms. The van der Waals surface area contributed by atoms with Crippen LogP contribution in [0.1, 0.15) is 25.3 Å². The fourth-order valence-electron chi connectivity index (χ4n) is 2.95. The van der Waals surface area contributed by atoms with Crippen molar-refractivity contribution in [1.82, 2.24) is 9.88 Å². The molecule has 1 N–H and O–H groups in total. The molecule has 0 bridgehead atoms. The fourth-order valence-corrected chi connectivity index (χ4v) is 2.95. The summed E-state index contributed by atoms with van der Waals surface area (Å²) in [6.45, 7) is 5.48. The Labute approximate surface area is 165 Å². The third kappa shape index (κ3) is 5.13. The molecule has 0 saturated carbocycles. The van der Waals surface area contributed by atoms with Gasteiger partial charge >= 0.3 is 6.03 Å². The van der Waals surface area contributed by atoms with E-state index >= 15 is 0 Å². The van der Waals surface area contributed by atoms with Crippen LogP contribution in [0.25, 0.3) is 0 Å². The predicted molar refractivity (Wildman–Crippen MR) is 109 cm³/mol. The van der Waals surface area contributed by atoms with Gasteiger partial charge in [-0.25, -0.2) is 9.78 Å².